The van der Waals surface area contributed by atoms with E-state index in [-0.39, 0.29) is 23.6 Å². The number of aromatic nitrogens is 4. The smallest absolute Gasteiger partial charge is 0.341 e. The molecule has 2 unspecified atom stereocenters. The molecule has 3 aromatic rings. The quantitative estimate of drug-likeness (QED) is 0.301. The van der Waals surface area contributed by atoms with Crippen LogP contribution in [0.25, 0.3) is 11.4 Å². The summed E-state index contributed by atoms with van der Waals surface area (Å²) in [6.07, 6.45) is -0.498. The molecule has 0 saturated heterocycles. The van der Waals surface area contributed by atoms with E-state index in [4.69, 9.17) is 15.2 Å². The van der Waals surface area contributed by atoms with Gasteiger partial charge in [-0.2, -0.15) is 0 Å². The standard InChI is InChI=1S/C25H27N5O7/c1-25(2,3)37-19(31)13-18(26)21(32)20(24(35)36-14-15-9-5-4-6-10-15)30-28-22(27-29-30)16-11-7-8-12-17(16)23(33)34/h4-12,18,20H,13-14,26H2,1-3H3,(H,33,34). The number of rotatable bonds is 10. The summed E-state index contributed by atoms with van der Waals surface area (Å²) in [5, 5.41) is 21.2. The van der Waals surface area contributed by atoms with E-state index >= 15 is 0 Å². The maximum atomic E-state index is 13.3. The van der Waals surface area contributed by atoms with Crippen molar-refractivity contribution >= 4 is 23.7 Å². The Kier molecular flexibility index (Phi) is 8.45. The number of esters is 2. The zero-order chi connectivity index (χ0) is 27.2. The molecule has 37 heavy (non-hydrogen) atoms. The molecule has 194 valence electrons. The fourth-order valence-electron chi connectivity index (χ4n) is 3.30. The van der Waals surface area contributed by atoms with Gasteiger partial charge in [-0.3, -0.25) is 9.59 Å². The Labute approximate surface area is 212 Å². The van der Waals surface area contributed by atoms with Gasteiger partial charge in [0, 0.05) is 5.56 Å². The lowest BCUT2D eigenvalue weighted by molar-refractivity contribution is -0.158. The van der Waals surface area contributed by atoms with E-state index in [2.05, 4.69) is 15.4 Å². The minimum Gasteiger partial charge on any atom is -0.478 e. The number of hydrogen-bond acceptors (Lipinski definition) is 10. The summed E-state index contributed by atoms with van der Waals surface area (Å²) in [6, 6.07) is 11.5. The van der Waals surface area contributed by atoms with Gasteiger partial charge in [-0.05, 0) is 37.6 Å². The lowest BCUT2D eigenvalue weighted by Gasteiger charge is -2.21. The number of tetrazole rings is 1. The number of carboxylic acids is 1. The molecule has 0 radical (unpaired) electrons. The van der Waals surface area contributed by atoms with Gasteiger partial charge in [0.05, 0.1) is 18.0 Å². The van der Waals surface area contributed by atoms with Crippen LogP contribution in [0.5, 0.6) is 0 Å². The first-order valence-corrected chi connectivity index (χ1v) is 11.3. The van der Waals surface area contributed by atoms with Crippen molar-refractivity contribution < 1.29 is 33.8 Å². The highest BCUT2D eigenvalue weighted by Crippen LogP contribution is 2.21. The van der Waals surface area contributed by atoms with Gasteiger partial charge in [0.15, 0.2) is 5.78 Å². The van der Waals surface area contributed by atoms with Crippen molar-refractivity contribution in [1.29, 1.82) is 0 Å². The molecule has 3 N–H and O–H groups in total. The van der Waals surface area contributed by atoms with Crippen molar-refractivity contribution in [2.75, 3.05) is 0 Å². The van der Waals surface area contributed by atoms with E-state index in [1.165, 1.54) is 18.2 Å². The van der Waals surface area contributed by atoms with Crippen LogP contribution in [0.2, 0.25) is 0 Å². The number of hydrogen-bond donors (Lipinski definition) is 2. The molecular weight excluding hydrogens is 482 g/mol. The average molecular weight is 510 g/mol. The number of benzene rings is 2. The molecule has 0 spiro atoms. The summed E-state index contributed by atoms with van der Waals surface area (Å²) in [6.45, 7) is 4.85. The Balaban J connectivity index is 1.90. The third-order valence-electron chi connectivity index (χ3n) is 4.95. The van der Waals surface area contributed by atoms with Crippen LogP contribution in [0.3, 0.4) is 0 Å². The van der Waals surface area contributed by atoms with Gasteiger partial charge in [-0.25, -0.2) is 9.59 Å². The van der Waals surface area contributed by atoms with Crippen molar-refractivity contribution in [3.8, 4) is 11.4 Å². The SMILES string of the molecule is CC(C)(C)OC(=O)CC(N)C(=O)C(C(=O)OCc1ccccc1)n1nnc(-c2ccccc2C(=O)O)n1. The fraction of sp³-hybridized carbons (Fsp3) is 0.320. The van der Waals surface area contributed by atoms with E-state index in [0.29, 0.717) is 10.4 Å². The van der Waals surface area contributed by atoms with Crippen molar-refractivity contribution in [2.45, 2.75) is 51.5 Å². The molecule has 12 heteroatoms. The highest BCUT2D eigenvalue weighted by molar-refractivity contribution is 6.04. The van der Waals surface area contributed by atoms with Gasteiger partial charge in [0.1, 0.15) is 12.2 Å². The van der Waals surface area contributed by atoms with Crippen LogP contribution in [-0.2, 0) is 30.5 Å². The summed E-state index contributed by atoms with van der Waals surface area (Å²) < 4.78 is 10.5. The van der Waals surface area contributed by atoms with E-state index in [0.717, 1.165) is 0 Å². The Morgan fingerprint density at radius 1 is 1.03 bits per heavy atom. The number of ketones is 1. The maximum Gasteiger partial charge on any atom is 0.341 e. The molecule has 3 rings (SSSR count). The second kappa shape index (κ2) is 11.5. The van der Waals surface area contributed by atoms with Gasteiger partial charge >= 0.3 is 17.9 Å². The van der Waals surface area contributed by atoms with Gasteiger partial charge in [0.2, 0.25) is 11.9 Å². The molecular formula is C25H27N5O7. The van der Waals surface area contributed by atoms with E-state index in [1.807, 2.05) is 0 Å². The second-order valence-electron chi connectivity index (χ2n) is 9.08. The molecule has 0 aliphatic rings. The third kappa shape index (κ3) is 7.27. The first-order chi connectivity index (χ1) is 17.5. The zero-order valence-corrected chi connectivity index (χ0v) is 20.5. The molecule has 0 saturated carbocycles. The third-order valence-corrected chi connectivity index (χ3v) is 4.95. The van der Waals surface area contributed by atoms with Crippen LogP contribution in [0.1, 0.15) is 49.2 Å². The van der Waals surface area contributed by atoms with Gasteiger partial charge < -0.3 is 20.3 Å². The Hall–Kier alpha value is -4.45. The van der Waals surface area contributed by atoms with E-state index < -0.39 is 47.8 Å². The number of Topliss-reactive ketones (excluding diaryl/α,β-unsaturated/α-hetero) is 1. The molecule has 0 fully saturated rings. The first kappa shape index (κ1) is 27.1. The number of carbonyl (C=O) groups is 4. The van der Waals surface area contributed by atoms with Gasteiger partial charge in [0.25, 0.3) is 0 Å². The number of carbonyl (C=O) groups excluding carboxylic acids is 3. The molecule has 1 aromatic heterocycles. The van der Waals surface area contributed by atoms with Crippen molar-refractivity contribution in [3.05, 3.63) is 65.7 Å². The minimum atomic E-state index is -1.78. The largest absolute Gasteiger partial charge is 0.478 e. The molecule has 0 amide bonds. The monoisotopic (exact) mass is 509 g/mol. The number of aromatic carboxylic acids is 1. The number of nitrogens with zero attached hydrogens (tertiary/aromatic N) is 4. The van der Waals surface area contributed by atoms with Gasteiger partial charge in [-0.15, -0.1) is 15.0 Å². The lowest BCUT2D eigenvalue weighted by atomic mass is 10.0. The first-order valence-electron chi connectivity index (χ1n) is 11.3. The van der Waals surface area contributed by atoms with Crippen molar-refractivity contribution in [2.24, 2.45) is 5.73 Å². The number of ether oxygens (including phenoxy) is 2. The summed E-state index contributed by atoms with van der Waals surface area (Å²) in [4.78, 5) is 50.8. The van der Waals surface area contributed by atoms with Crippen LogP contribution in [-0.4, -0.2) is 60.6 Å². The van der Waals surface area contributed by atoms with Crippen LogP contribution < -0.4 is 5.73 Å². The fourth-order valence-corrected chi connectivity index (χ4v) is 3.30. The molecule has 2 atom stereocenters. The summed E-state index contributed by atoms with van der Waals surface area (Å²) in [7, 11) is 0. The Morgan fingerprint density at radius 2 is 1.68 bits per heavy atom. The topological polar surface area (TPSA) is 177 Å². The summed E-state index contributed by atoms with van der Waals surface area (Å²) in [5.74, 6) is -4.01. The zero-order valence-electron chi connectivity index (χ0n) is 20.5. The van der Waals surface area contributed by atoms with Gasteiger partial charge in [-0.1, -0.05) is 48.5 Å². The normalized spacial score (nSPS) is 12.9. The molecule has 0 bridgehead atoms. The van der Waals surface area contributed by atoms with E-state index in [1.54, 1.807) is 57.2 Å². The summed E-state index contributed by atoms with van der Waals surface area (Å²) in [5.41, 5.74) is 5.88. The molecule has 0 aliphatic heterocycles. The number of nitrogens with two attached hydrogens (primary N) is 1. The molecule has 12 nitrogen and oxygen atoms in total. The highest BCUT2D eigenvalue weighted by Gasteiger charge is 2.37. The second-order valence-corrected chi connectivity index (χ2v) is 9.08. The van der Waals surface area contributed by atoms with Crippen LogP contribution in [0.15, 0.2) is 54.6 Å². The van der Waals surface area contributed by atoms with Crippen LogP contribution >= 0.6 is 0 Å². The Bertz CT molecular complexity index is 1280. The van der Waals surface area contributed by atoms with Crippen molar-refractivity contribution in [1.82, 2.24) is 20.2 Å². The predicted octanol–water partition coefficient (Wildman–Crippen LogP) is 1.95. The van der Waals surface area contributed by atoms with E-state index in [9.17, 15) is 24.3 Å². The Morgan fingerprint density at radius 3 is 2.32 bits per heavy atom. The maximum absolute atomic E-state index is 13.3. The molecule has 0 aliphatic carbocycles. The minimum absolute atomic E-state index is 0.0989. The predicted molar refractivity (Wildman–Crippen MR) is 129 cm³/mol. The average Bonchev–Trinajstić information content (AvgIpc) is 3.31. The van der Waals surface area contributed by atoms with Crippen LogP contribution in [0.4, 0.5) is 0 Å². The summed E-state index contributed by atoms with van der Waals surface area (Å²) >= 11 is 0. The highest BCUT2D eigenvalue weighted by atomic mass is 16.6. The van der Waals surface area contributed by atoms with Crippen molar-refractivity contribution in [3.63, 3.8) is 0 Å². The lowest BCUT2D eigenvalue weighted by Crippen LogP contribution is -2.43. The molecule has 2 aromatic carbocycles. The molecule has 1 heterocycles. The van der Waals surface area contributed by atoms with Crippen LogP contribution in [0, 0.1) is 0 Å². The number of carboxylic acid groups (broad SMARTS) is 1.